The summed E-state index contributed by atoms with van der Waals surface area (Å²) in [6.07, 6.45) is 6.43. The van der Waals surface area contributed by atoms with Gasteiger partial charge >= 0.3 is 0 Å². The smallest absolute Gasteiger partial charge is 0.270 e. The number of piperidine rings is 1. The molecule has 1 saturated heterocycles. The van der Waals surface area contributed by atoms with Crippen LogP contribution in [-0.4, -0.2) is 35.1 Å². The minimum absolute atomic E-state index is 0.164. The van der Waals surface area contributed by atoms with Crippen LogP contribution >= 0.6 is 0 Å². The van der Waals surface area contributed by atoms with Crippen molar-refractivity contribution in [3.8, 4) is 5.75 Å². The molecule has 0 radical (unpaired) electrons. The Morgan fingerprint density at radius 2 is 1.88 bits per heavy atom. The average molecular weight is 340 g/mol. The van der Waals surface area contributed by atoms with Crippen LogP contribution < -0.4 is 4.74 Å². The summed E-state index contributed by atoms with van der Waals surface area (Å²) in [5, 5.41) is 0. The monoisotopic (exact) mass is 340 g/mol. The zero-order valence-electron chi connectivity index (χ0n) is 15.3. The first-order valence-corrected chi connectivity index (χ1v) is 9.29. The van der Waals surface area contributed by atoms with Crippen LogP contribution in [0.3, 0.4) is 0 Å². The summed E-state index contributed by atoms with van der Waals surface area (Å²) < 4.78 is 7.39. The van der Waals surface area contributed by atoms with E-state index in [1.54, 1.807) is 0 Å². The van der Waals surface area contributed by atoms with E-state index in [4.69, 9.17) is 4.74 Å². The van der Waals surface area contributed by atoms with E-state index in [9.17, 15) is 4.79 Å². The Labute approximate surface area is 150 Å². The molecule has 0 atom stereocenters. The maximum absolute atomic E-state index is 12.5. The highest BCUT2D eigenvalue weighted by atomic mass is 16.5. The largest absolute Gasteiger partial charge is 0.494 e. The molecule has 134 valence electrons. The summed E-state index contributed by atoms with van der Waals surface area (Å²) in [5.74, 6) is 1.82. The molecule has 1 aromatic heterocycles. The predicted octanol–water partition coefficient (Wildman–Crippen LogP) is 3.91. The topological polar surface area (TPSA) is 34.5 Å². The number of likely N-dealkylation sites (tertiary alicyclic amines) is 1. The van der Waals surface area contributed by atoms with Gasteiger partial charge in [0.25, 0.3) is 5.91 Å². The van der Waals surface area contributed by atoms with Gasteiger partial charge in [0.15, 0.2) is 0 Å². The van der Waals surface area contributed by atoms with Crippen molar-refractivity contribution in [2.45, 2.75) is 32.6 Å². The Morgan fingerprint density at radius 1 is 1.16 bits per heavy atom. The molecule has 3 rings (SSSR count). The second-order valence-corrected chi connectivity index (χ2v) is 6.86. The summed E-state index contributed by atoms with van der Waals surface area (Å²) in [5.41, 5.74) is 2.15. The molecular formula is C21H28N2O2. The number of benzene rings is 1. The molecule has 2 aromatic rings. The van der Waals surface area contributed by atoms with Crippen LogP contribution in [0.5, 0.6) is 5.75 Å². The fraction of sp³-hybridized carbons (Fsp3) is 0.476. The number of carbonyl (C=O) groups is 1. The van der Waals surface area contributed by atoms with Crippen molar-refractivity contribution in [1.82, 2.24) is 9.47 Å². The molecular weight excluding hydrogens is 312 g/mol. The Bertz CT molecular complexity index is 682. The van der Waals surface area contributed by atoms with Crippen LogP contribution in [0, 0.1) is 5.92 Å². The zero-order chi connectivity index (χ0) is 17.6. The lowest BCUT2D eigenvalue weighted by Crippen LogP contribution is -2.39. The first kappa shape index (κ1) is 17.6. The van der Waals surface area contributed by atoms with E-state index in [0.717, 1.165) is 43.8 Å². The van der Waals surface area contributed by atoms with Gasteiger partial charge in [0.2, 0.25) is 0 Å². The highest BCUT2D eigenvalue weighted by molar-refractivity contribution is 5.92. The van der Waals surface area contributed by atoms with Gasteiger partial charge in [0.1, 0.15) is 11.4 Å². The summed E-state index contributed by atoms with van der Waals surface area (Å²) in [7, 11) is 1.93. The standard InChI is InChI=1S/C21H28N2O2/c1-3-25-19-10-8-17(9-11-19)6-7-18-12-15-23(16-13-18)21(24)20-5-4-14-22(20)2/h4-5,8-11,14,18H,3,6-7,12-13,15-16H2,1-2H3. The molecule has 0 spiro atoms. The molecule has 0 saturated carbocycles. The van der Waals surface area contributed by atoms with Crippen molar-refractivity contribution in [3.63, 3.8) is 0 Å². The maximum atomic E-state index is 12.5. The van der Waals surface area contributed by atoms with Gasteiger partial charge in [-0.2, -0.15) is 0 Å². The molecule has 1 amide bonds. The Kier molecular flexibility index (Phi) is 5.79. The lowest BCUT2D eigenvalue weighted by Gasteiger charge is -2.32. The van der Waals surface area contributed by atoms with E-state index in [-0.39, 0.29) is 5.91 Å². The number of carbonyl (C=O) groups excluding carboxylic acids is 1. The van der Waals surface area contributed by atoms with E-state index in [2.05, 4.69) is 24.3 Å². The number of hydrogen-bond donors (Lipinski definition) is 0. The third-order valence-corrected chi connectivity index (χ3v) is 5.14. The molecule has 4 heteroatoms. The number of aromatic nitrogens is 1. The van der Waals surface area contributed by atoms with Gasteiger partial charge in [-0.3, -0.25) is 4.79 Å². The normalized spacial score (nSPS) is 15.4. The highest BCUT2D eigenvalue weighted by Crippen LogP contribution is 2.24. The quantitative estimate of drug-likeness (QED) is 0.799. The van der Waals surface area contributed by atoms with E-state index in [1.807, 2.05) is 41.8 Å². The van der Waals surface area contributed by atoms with Crippen molar-refractivity contribution < 1.29 is 9.53 Å². The molecule has 1 aliphatic heterocycles. The first-order valence-electron chi connectivity index (χ1n) is 9.29. The number of hydrogen-bond acceptors (Lipinski definition) is 2. The van der Waals surface area contributed by atoms with Crippen molar-refractivity contribution in [1.29, 1.82) is 0 Å². The predicted molar refractivity (Wildman–Crippen MR) is 100.0 cm³/mol. The van der Waals surface area contributed by atoms with Crippen molar-refractivity contribution >= 4 is 5.91 Å². The molecule has 2 heterocycles. The van der Waals surface area contributed by atoms with Gasteiger partial charge in [0, 0.05) is 26.3 Å². The van der Waals surface area contributed by atoms with Gasteiger partial charge < -0.3 is 14.2 Å². The Hall–Kier alpha value is -2.23. The van der Waals surface area contributed by atoms with E-state index < -0.39 is 0 Å². The van der Waals surface area contributed by atoms with E-state index in [0.29, 0.717) is 12.5 Å². The van der Waals surface area contributed by atoms with Crippen LogP contribution in [-0.2, 0) is 13.5 Å². The van der Waals surface area contributed by atoms with Crippen molar-refractivity contribution in [2.24, 2.45) is 13.0 Å². The zero-order valence-corrected chi connectivity index (χ0v) is 15.3. The number of aryl methyl sites for hydroxylation is 2. The third-order valence-electron chi connectivity index (χ3n) is 5.14. The summed E-state index contributed by atoms with van der Waals surface area (Å²) in [4.78, 5) is 14.5. The molecule has 0 N–H and O–H groups in total. The Balaban J connectivity index is 1.45. The van der Waals surface area contributed by atoms with Crippen LogP contribution in [0.4, 0.5) is 0 Å². The minimum atomic E-state index is 0.164. The summed E-state index contributed by atoms with van der Waals surface area (Å²) in [6, 6.07) is 12.3. The van der Waals surface area contributed by atoms with Gasteiger partial charge in [0.05, 0.1) is 6.61 Å². The molecule has 1 aromatic carbocycles. The molecule has 4 nitrogen and oxygen atoms in total. The molecule has 0 bridgehead atoms. The fourth-order valence-corrected chi connectivity index (χ4v) is 3.56. The van der Waals surface area contributed by atoms with E-state index >= 15 is 0 Å². The van der Waals surface area contributed by atoms with Gasteiger partial charge in [-0.05, 0) is 68.4 Å². The van der Waals surface area contributed by atoms with Crippen LogP contribution in [0.1, 0.15) is 42.2 Å². The SMILES string of the molecule is CCOc1ccc(CCC2CCN(C(=O)c3cccn3C)CC2)cc1. The molecule has 1 fully saturated rings. The van der Waals surface area contributed by atoms with Crippen LogP contribution in [0.15, 0.2) is 42.6 Å². The van der Waals surface area contributed by atoms with Gasteiger partial charge in [-0.1, -0.05) is 12.1 Å². The van der Waals surface area contributed by atoms with Gasteiger partial charge in [-0.25, -0.2) is 0 Å². The lowest BCUT2D eigenvalue weighted by atomic mass is 9.90. The van der Waals surface area contributed by atoms with Crippen molar-refractivity contribution in [3.05, 3.63) is 53.9 Å². The second-order valence-electron chi connectivity index (χ2n) is 6.86. The minimum Gasteiger partial charge on any atom is -0.494 e. The number of rotatable bonds is 6. The second kappa shape index (κ2) is 8.24. The molecule has 1 aliphatic rings. The molecule has 25 heavy (non-hydrogen) atoms. The maximum Gasteiger partial charge on any atom is 0.270 e. The Morgan fingerprint density at radius 3 is 2.48 bits per heavy atom. The summed E-state index contributed by atoms with van der Waals surface area (Å²) >= 11 is 0. The van der Waals surface area contributed by atoms with Crippen LogP contribution in [0.2, 0.25) is 0 Å². The molecule has 0 unspecified atom stereocenters. The number of amides is 1. The average Bonchev–Trinajstić information content (AvgIpc) is 3.07. The molecule has 0 aliphatic carbocycles. The number of nitrogens with zero attached hydrogens (tertiary/aromatic N) is 2. The lowest BCUT2D eigenvalue weighted by molar-refractivity contribution is 0.0677. The highest BCUT2D eigenvalue weighted by Gasteiger charge is 2.24. The van der Waals surface area contributed by atoms with E-state index in [1.165, 1.54) is 12.0 Å². The first-order chi connectivity index (χ1) is 12.2. The van der Waals surface area contributed by atoms with Crippen LogP contribution in [0.25, 0.3) is 0 Å². The number of ether oxygens (including phenoxy) is 1. The van der Waals surface area contributed by atoms with Gasteiger partial charge in [-0.15, -0.1) is 0 Å². The summed E-state index contributed by atoms with van der Waals surface area (Å²) in [6.45, 7) is 4.46. The fourth-order valence-electron chi connectivity index (χ4n) is 3.56. The van der Waals surface area contributed by atoms with Crippen molar-refractivity contribution in [2.75, 3.05) is 19.7 Å². The third kappa shape index (κ3) is 4.44.